The number of carbonyl (C=O) groups is 2. The first kappa shape index (κ1) is 17.7. The summed E-state index contributed by atoms with van der Waals surface area (Å²) >= 11 is 0. The molecule has 3 rings (SSSR count). The largest absolute Gasteiger partial charge is 0.396 e. The molecule has 2 aliphatic heterocycles. The van der Waals surface area contributed by atoms with E-state index in [-0.39, 0.29) is 30.4 Å². The molecule has 0 spiro atoms. The molecule has 2 fully saturated rings. The number of amides is 3. The van der Waals surface area contributed by atoms with Crippen molar-refractivity contribution in [2.24, 2.45) is 11.8 Å². The average Bonchev–Trinajstić information content (AvgIpc) is 3.20. The van der Waals surface area contributed by atoms with Crippen LogP contribution < -0.4 is 10.2 Å². The van der Waals surface area contributed by atoms with Gasteiger partial charge in [-0.2, -0.15) is 0 Å². The fraction of sp³-hybridized carbons (Fsp3) is 0.556. The lowest BCUT2D eigenvalue weighted by atomic mass is 9.97. The van der Waals surface area contributed by atoms with Crippen molar-refractivity contribution in [2.75, 3.05) is 58.3 Å². The third-order valence-corrected chi connectivity index (χ3v) is 4.96. The second-order valence-electron chi connectivity index (χ2n) is 7.11. The Balaban J connectivity index is 1.74. The molecule has 2 heterocycles. The number of hydrogen-bond donors (Lipinski definition) is 2. The highest BCUT2D eigenvalue weighted by molar-refractivity contribution is 5.98. The number of urea groups is 1. The molecule has 2 aliphatic rings. The van der Waals surface area contributed by atoms with E-state index < -0.39 is 0 Å². The topological polar surface area (TPSA) is 76.1 Å². The number of anilines is 1. The summed E-state index contributed by atoms with van der Waals surface area (Å²) in [4.78, 5) is 30.3. The SMILES string of the molecule is CN(C)C[C@@H]1CN(C(=O)c2cccc(N3CCNC3=O)c2)C[C@@H]1CO. The van der Waals surface area contributed by atoms with E-state index in [1.54, 1.807) is 17.0 Å². The summed E-state index contributed by atoms with van der Waals surface area (Å²) in [6.45, 7) is 3.39. The van der Waals surface area contributed by atoms with Crippen LogP contribution in [0.4, 0.5) is 10.5 Å². The van der Waals surface area contributed by atoms with Gasteiger partial charge in [0, 0.05) is 56.5 Å². The lowest BCUT2D eigenvalue weighted by molar-refractivity contribution is 0.0779. The maximum atomic E-state index is 12.9. The highest BCUT2D eigenvalue weighted by atomic mass is 16.3. The van der Waals surface area contributed by atoms with Crippen molar-refractivity contribution in [2.45, 2.75) is 0 Å². The van der Waals surface area contributed by atoms with Crippen LogP contribution in [0.5, 0.6) is 0 Å². The molecule has 136 valence electrons. The van der Waals surface area contributed by atoms with Crippen LogP contribution in [0.15, 0.2) is 24.3 Å². The summed E-state index contributed by atoms with van der Waals surface area (Å²) in [6.07, 6.45) is 0. The molecule has 7 heteroatoms. The lowest BCUT2D eigenvalue weighted by Crippen LogP contribution is -2.31. The molecule has 0 aliphatic carbocycles. The minimum Gasteiger partial charge on any atom is -0.396 e. The first-order valence-corrected chi connectivity index (χ1v) is 8.70. The maximum Gasteiger partial charge on any atom is 0.321 e. The standard InChI is InChI=1S/C18H26N4O3/c1-20(2)9-14-10-21(11-15(14)12-23)17(24)13-4-3-5-16(8-13)22-7-6-19-18(22)25/h3-5,8,14-15,23H,6-7,9-12H2,1-2H3,(H,19,25)/t14-,15-/m1/s1. The van der Waals surface area contributed by atoms with E-state index in [1.165, 1.54) is 0 Å². The van der Waals surface area contributed by atoms with Gasteiger partial charge in [0.2, 0.25) is 0 Å². The number of likely N-dealkylation sites (tertiary alicyclic amines) is 1. The summed E-state index contributed by atoms with van der Waals surface area (Å²) in [5, 5.41) is 12.4. The van der Waals surface area contributed by atoms with Crippen molar-refractivity contribution >= 4 is 17.6 Å². The quantitative estimate of drug-likeness (QED) is 0.812. The van der Waals surface area contributed by atoms with E-state index >= 15 is 0 Å². The zero-order valence-electron chi connectivity index (χ0n) is 14.8. The molecule has 0 saturated carbocycles. The van der Waals surface area contributed by atoms with Crippen LogP contribution in [-0.2, 0) is 0 Å². The fourth-order valence-electron chi connectivity index (χ4n) is 3.69. The van der Waals surface area contributed by atoms with Gasteiger partial charge >= 0.3 is 6.03 Å². The Labute approximate surface area is 148 Å². The number of rotatable bonds is 5. The van der Waals surface area contributed by atoms with Crippen molar-refractivity contribution in [1.29, 1.82) is 0 Å². The first-order chi connectivity index (χ1) is 12.0. The van der Waals surface area contributed by atoms with Gasteiger partial charge in [0.05, 0.1) is 0 Å². The van der Waals surface area contributed by atoms with Crippen LogP contribution in [0.3, 0.4) is 0 Å². The zero-order chi connectivity index (χ0) is 18.0. The summed E-state index contributed by atoms with van der Waals surface area (Å²) in [5.74, 6) is 0.344. The Bertz CT molecular complexity index is 649. The summed E-state index contributed by atoms with van der Waals surface area (Å²) < 4.78 is 0. The van der Waals surface area contributed by atoms with Crippen molar-refractivity contribution in [1.82, 2.24) is 15.1 Å². The van der Waals surface area contributed by atoms with E-state index in [9.17, 15) is 14.7 Å². The van der Waals surface area contributed by atoms with E-state index in [2.05, 4.69) is 10.2 Å². The van der Waals surface area contributed by atoms with Gasteiger partial charge in [0.1, 0.15) is 0 Å². The second kappa shape index (κ2) is 7.41. The van der Waals surface area contributed by atoms with Gasteiger partial charge in [-0.25, -0.2) is 4.79 Å². The predicted molar refractivity (Wildman–Crippen MR) is 95.7 cm³/mol. The molecule has 2 N–H and O–H groups in total. The number of nitrogens with one attached hydrogen (secondary N) is 1. The van der Waals surface area contributed by atoms with Crippen LogP contribution >= 0.6 is 0 Å². The third-order valence-electron chi connectivity index (χ3n) is 4.96. The smallest absolute Gasteiger partial charge is 0.321 e. The highest BCUT2D eigenvalue weighted by Crippen LogP contribution is 2.26. The third kappa shape index (κ3) is 3.77. The monoisotopic (exact) mass is 346 g/mol. The van der Waals surface area contributed by atoms with E-state index in [4.69, 9.17) is 0 Å². The van der Waals surface area contributed by atoms with E-state index in [0.717, 1.165) is 12.2 Å². The molecule has 2 saturated heterocycles. The van der Waals surface area contributed by atoms with Gasteiger partial charge in [-0.05, 0) is 38.2 Å². The number of nitrogens with zero attached hydrogens (tertiary/aromatic N) is 3. The van der Waals surface area contributed by atoms with Crippen LogP contribution in [0.25, 0.3) is 0 Å². The summed E-state index contributed by atoms with van der Waals surface area (Å²) in [7, 11) is 4.01. The van der Waals surface area contributed by atoms with Crippen LogP contribution in [0.2, 0.25) is 0 Å². The van der Waals surface area contributed by atoms with Crippen LogP contribution in [0, 0.1) is 11.8 Å². The van der Waals surface area contributed by atoms with Gasteiger partial charge in [0.15, 0.2) is 0 Å². The summed E-state index contributed by atoms with van der Waals surface area (Å²) in [5.41, 5.74) is 1.32. The van der Waals surface area contributed by atoms with Gasteiger partial charge in [-0.15, -0.1) is 0 Å². The Morgan fingerprint density at radius 1 is 1.32 bits per heavy atom. The zero-order valence-corrected chi connectivity index (χ0v) is 14.8. The van der Waals surface area contributed by atoms with Crippen LogP contribution in [0.1, 0.15) is 10.4 Å². The number of carbonyl (C=O) groups excluding carboxylic acids is 2. The molecule has 3 amide bonds. The van der Waals surface area contributed by atoms with E-state index in [0.29, 0.717) is 31.7 Å². The minimum atomic E-state index is -0.128. The number of aliphatic hydroxyl groups is 1. The Morgan fingerprint density at radius 3 is 2.72 bits per heavy atom. The second-order valence-corrected chi connectivity index (χ2v) is 7.11. The molecule has 7 nitrogen and oxygen atoms in total. The van der Waals surface area contributed by atoms with Crippen molar-refractivity contribution in [3.05, 3.63) is 29.8 Å². The molecule has 0 radical (unpaired) electrons. The fourth-order valence-corrected chi connectivity index (χ4v) is 3.69. The summed E-state index contributed by atoms with van der Waals surface area (Å²) in [6, 6.07) is 7.09. The Hall–Kier alpha value is -2.12. The van der Waals surface area contributed by atoms with Gasteiger partial charge in [0.25, 0.3) is 5.91 Å². The lowest BCUT2D eigenvalue weighted by Gasteiger charge is -2.20. The Kier molecular flexibility index (Phi) is 5.24. The minimum absolute atomic E-state index is 0.0406. The van der Waals surface area contributed by atoms with Gasteiger partial charge in [-0.1, -0.05) is 6.07 Å². The predicted octanol–water partition coefficient (Wildman–Crippen LogP) is 0.458. The Morgan fingerprint density at radius 2 is 2.08 bits per heavy atom. The number of aliphatic hydroxyl groups excluding tert-OH is 1. The maximum absolute atomic E-state index is 12.9. The molecule has 1 aromatic rings. The van der Waals surface area contributed by atoms with Gasteiger partial charge < -0.3 is 20.2 Å². The number of benzene rings is 1. The molecule has 25 heavy (non-hydrogen) atoms. The molecular formula is C18H26N4O3. The molecule has 0 aromatic heterocycles. The normalized spacial score (nSPS) is 23.4. The molecule has 0 unspecified atom stereocenters. The van der Waals surface area contributed by atoms with Crippen molar-refractivity contribution < 1.29 is 14.7 Å². The van der Waals surface area contributed by atoms with E-state index in [1.807, 2.05) is 31.1 Å². The molecular weight excluding hydrogens is 320 g/mol. The van der Waals surface area contributed by atoms with Crippen molar-refractivity contribution in [3.63, 3.8) is 0 Å². The average molecular weight is 346 g/mol. The molecule has 1 aromatic carbocycles. The highest BCUT2D eigenvalue weighted by Gasteiger charge is 2.35. The van der Waals surface area contributed by atoms with Crippen molar-refractivity contribution in [3.8, 4) is 0 Å². The van der Waals surface area contributed by atoms with Crippen LogP contribution in [-0.4, -0.2) is 80.3 Å². The van der Waals surface area contributed by atoms with Gasteiger partial charge in [-0.3, -0.25) is 9.69 Å². The molecule has 0 bridgehead atoms. The number of hydrogen-bond acceptors (Lipinski definition) is 4. The first-order valence-electron chi connectivity index (χ1n) is 8.70. The molecule has 2 atom stereocenters.